The van der Waals surface area contributed by atoms with Crippen molar-refractivity contribution in [2.45, 2.75) is 32.8 Å². The summed E-state index contributed by atoms with van der Waals surface area (Å²) in [6.07, 6.45) is 2.27. The summed E-state index contributed by atoms with van der Waals surface area (Å²) in [5, 5.41) is 0. The number of hydrogen-bond donors (Lipinski definition) is 1. The molecule has 1 amide bonds. The molecule has 2 N–H and O–H groups in total. The molecule has 0 saturated carbocycles. The van der Waals surface area contributed by atoms with Crippen LogP contribution >= 0.6 is 0 Å². The Bertz CT molecular complexity index is 233. The molecule has 0 bridgehead atoms. The molecule has 0 aromatic rings. The van der Waals surface area contributed by atoms with Gasteiger partial charge >= 0.3 is 0 Å². The molecule has 0 radical (unpaired) electrons. The van der Waals surface area contributed by atoms with Crippen LogP contribution in [0.1, 0.15) is 26.7 Å². The van der Waals surface area contributed by atoms with E-state index in [-0.39, 0.29) is 17.9 Å². The molecule has 1 aliphatic heterocycles. The van der Waals surface area contributed by atoms with Gasteiger partial charge in [-0.25, -0.2) is 0 Å². The maximum Gasteiger partial charge on any atom is 0.221 e. The minimum atomic E-state index is -0.167. The lowest BCUT2D eigenvalue weighted by atomic mass is 10.0. The Morgan fingerprint density at radius 1 is 1.62 bits per heavy atom. The summed E-state index contributed by atoms with van der Waals surface area (Å²) in [7, 11) is 1.76. The number of nitrogens with zero attached hydrogens (tertiary/aromatic N) is 1. The molecule has 3 atom stereocenters. The Balaban J connectivity index is 2.40. The molecule has 1 saturated heterocycles. The number of amides is 1. The summed E-state index contributed by atoms with van der Waals surface area (Å²) in [6, 6.07) is 0. The summed E-state index contributed by atoms with van der Waals surface area (Å²) in [5.41, 5.74) is 5.31. The van der Waals surface area contributed by atoms with Gasteiger partial charge in [0.1, 0.15) is 0 Å². The number of methoxy groups -OCH3 is 1. The first kappa shape index (κ1) is 13.5. The Hall–Kier alpha value is -0.610. The molecule has 0 spiro atoms. The number of hydrogen-bond acceptors (Lipinski definition) is 3. The molecule has 94 valence electrons. The number of carbonyl (C=O) groups is 1. The van der Waals surface area contributed by atoms with Gasteiger partial charge in [0.15, 0.2) is 0 Å². The number of ether oxygens (including phenoxy) is 1. The molecule has 0 aromatic heterocycles. The van der Waals surface area contributed by atoms with Crippen LogP contribution < -0.4 is 5.73 Å². The molecular formula is C12H24N2O2. The topological polar surface area (TPSA) is 55.6 Å². The Morgan fingerprint density at radius 2 is 2.31 bits per heavy atom. The average Bonchev–Trinajstić information content (AvgIpc) is 2.73. The molecule has 0 unspecified atom stereocenters. The predicted molar refractivity (Wildman–Crippen MR) is 64.0 cm³/mol. The highest BCUT2D eigenvalue weighted by Gasteiger charge is 2.29. The summed E-state index contributed by atoms with van der Waals surface area (Å²) in [6.45, 7) is 7.05. The molecule has 4 heteroatoms. The molecular weight excluding hydrogens is 204 g/mol. The fourth-order valence-corrected chi connectivity index (χ4v) is 2.23. The van der Waals surface area contributed by atoms with Crippen LogP contribution in [0.5, 0.6) is 0 Å². The van der Waals surface area contributed by atoms with Crippen LogP contribution in [0.4, 0.5) is 0 Å². The smallest absolute Gasteiger partial charge is 0.221 e. The van der Waals surface area contributed by atoms with Gasteiger partial charge in [-0.15, -0.1) is 0 Å². The van der Waals surface area contributed by atoms with Crippen molar-refractivity contribution >= 4 is 5.91 Å². The molecule has 1 fully saturated rings. The van der Waals surface area contributed by atoms with Crippen LogP contribution in [-0.4, -0.2) is 43.7 Å². The van der Waals surface area contributed by atoms with Crippen molar-refractivity contribution in [3.63, 3.8) is 0 Å². The van der Waals surface area contributed by atoms with E-state index in [1.54, 1.807) is 7.11 Å². The average molecular weight is 228 g/mol. The number of rotatable bonds is 6. The summed E-state index contributed by atoms with van der Waals surface area (Å²) < 4.78 is 5.50. The van der Waals surface area contributed by atoms with Gasteiger partial charge in [0.2, 0.25) is 5.91 Å². The van der Waals surface area contributed by atoms with E-state index in [9.17, 15) is 4.79 Å². The predicted octanol–water partition coefficient (Wildman–Crippen LogP) is 0.855. The van der Waals surface area contributed by atoms with Crippen LogP contribution in [-0.2, 0) is 9.53 Å². The third-order valence-electron chi connectivity index (χ3n) is 3.69. The van der Waals surface area contributed by atoms with Gasteiger partial charge in [0.05, 0.1) is 12.0 Å². The van der Waals surface area contributed by atoms with Crippen molar-refractivity contribution in [3.05, 3.63) is 0 Å². The summed E-state index contributed by atoms with van der Waals surface area (Å²) in [4.78, 5) is 13.3. The highest BCUT2D eigenvalue weighted by atomic mass is 16.5. The van der Waals surface area contributed by atoms with Crippen LogP contribution in [0.15, 0.2) is 0 Å². The van der Waals surface area contributed by atoms with Gasteiger partial charge in [0, 0.05) is 20.2 Å². The fourth-order valence-electron chi connectivity index (χ4n) is 2.23. The van der Waals surface area contributed by atoms with Crippen LogP contribution in [0.3, 0.4) is 0 Å². The lowest BCUT2D eigenvalue weighted by Crippen LogP contribution is -2.36. The number of primary amides is 1. The van der Waals surface area contributed by atoms with Crippen molar-refractivity contribution in [3.8, 4) is 0 Å². The SMILES string of the molecule is CC[C@H](C)[C@@H](CN1CC[C@@H](C(N)=O)C1)OC. The third-order valence-corrected chi connectivity index (χ3v) is 3.69. The van der Waals surface area contributed by atoms with Crippen molar-refractivity contribution in [1.82, 2.24) is 4.90 Å². The van der Waals surface area contributed by atoms with Gasteiger partial charge < -0.3 is 10.5 Å². The van der Waals surface area contributed by atoms with Crippen molar-refractivity contribution in [2.24, 2.45) is 17.6 Å². The fraction of sp³-hybridized carbons (Fsp3) is 0.917. The highest BCUT2D eigenvalue weighted by Crippen LogP contribution is 2.19. The van der Waals surface area contributed by atoms with Crippen LogP contribution in [0.25, 0.3) is 0 Å². The normalized spacial score (nSPS) is 25.6. The van der Waals surface area contributed by atoms with Gasteiger partial charge in [-0.3, -0.25) is 9.69 Å². The third kappa shape index (κ3) is 3.46. The second-order valence-electron chi connectivity index (χ2n) is 4.81. The Kier molecular flexibility index (Phi) is 5.22. The summed E-state index contributed by atoms with van der Waals surface area (Å²) >= 11 is 0. The number of carbonyl (C=O) groups excluding carboxylic acids is 1. The largest absolute Gasteiger partial charge is 0.380 e. The Labute approximate surface area is 98.1 Å². The van der Waals surface area contributed by atoms with Gasteiger partial charge in [-0.05, 0) is 18.9 Å². The molecule has 1 aliphatic rings. The second kappa shape index (κ2) is 6.21. The molecule has 0 aromatic carbocycles. The second-order valence-corrected chi connectivity index (χ2v) is 4.81. The maximum absolute atomic E-state index is 11.1. The van der Waals surface area contributed by atoms with E-state index < -0.39 is 0 Å². The van der Waals surface area contributed by atoms with E-state index >= 15 is 0 Å². The summed E-state index contributed by atoms with van der Waals surface area (Å²) in [5.74, 6) is 0.423. The minimum Gasteiger partial charge on any atom is -0.380 e. The first-order valence-corrected chi connectivity index (χ1v) is 6.12. The van der Waals surface area contributed by atoms with Gasteiger partial charge in [0.25, 0.3) is 0 Å². The van der Waals surface area contributed by atoms with E-state index in [1.165, 1.54) is 0 Å². The first-order chi connectivity index (χ1) is 7.58. The standard InChI is InChI=1S/C12H24N2O2/c1-4-9(2)11(16-3)8-14-6-5-10(7-14)12(13)15/h9-11H,4-8H2,1-3H3,(H2,13,15)/t9-,10+,11+/m0/s1. The maximum atomic E-state index is 11.1. The zero-order valence-electron chi connectivity index (χ0n) is 10.6. The van der Waals surface area contributed by atoms with Gasteiger partial charge in [-0.1, -0.05) is 20.3 Å². The lowest BCUT2D eigenvalue weighted by Gasteiger charge is -2.26. The molecule has 16 heavy (non-hydrogen) atoms. The van der Waals surface area contributed by atoms with Crippen LogP contribution in [0.2, 0.25) is 0 Å². The monoisotopic (exact) mass is 228 g/mol. The number of nitrogens with two attached hydrogens (primary N) is 1. The highest BCUT2D eigenvalue weighted by molar-refractivity contribution is 5.77. The van der Waals surface area contributed by atoms with Crippen molar-refractivity contribution < 1.29 is 9.53 Å². The van der Waals surface area contributed by atoms with Crippen LogP contribution in [0, 0.1) is 11.8 Å². The molecule has 4 nitrogen and oxygen atoms in total. The van der Waals surface area contributed by atoms with E-state index in [0.717, 1.165) is 32.5 Å². The first-order valence-electron chi connectivity index (χ1n) is 6.12. The molecule has 0 aliphatic carbocycles. The van der Waals surface area contributed by atoms with Crippen molar-refractivity contribution in [1.29, 1.82) is 0 Å². The van der Waals surface area contributed by atoms with E-state index in [2.05, 4.69) is 18.7 Å². The van der Waals surface area contributed by atoms with Gasteiger partial charge in [-0.2, -0.15) is 0 Å². The van der Waals surface area contributed by atoms with E-state index in [0.29, 0.717) is 5.92 Å². The minimum absolute atomic E-state index is 0.0365. The molecule has 1 heterocycles. The van der Waals surface area contributed by atoms with E-state index in [1.807, 2.05) is 0 Å². The molecule has 1 rings (SSSR count). The quantitative estimate of drug-likeness (QED) is 0.733. The Morgan fingerprint density at radius 3 is 2.75 bits per heavy atom. The van der Waals surface area contributed by atoms with Crippen molar-refractivity contribution in [2.75, 3.05) is 26.7 Å². The lowest BCUT2D eigenvalue weighted by molar-refractivity contribution is -0.121. The van der Waals surface area contributed by atoms with E-state index in [4.69, 9.17) is 10.5 Å². The zero-order chi connectivity index (χ0) is 12.1. The number of likely N-dealkylation sites (tertiary alicyclic amines) is 1. The zero-order valence-corrected chi connectivity index (χ0v) is 10.6.